The van der Waals surface area contributed by atoms with E-state index in [1.54, 1.807) is 17.5 Å². The van der Waals surface area contributed by atoms with E-state index in [1.807, 2.05) is 6.07 Å². The maximum Gasteiger partial charge on any atom is 0.178 e. The van der Waals surface area contributed by atoms with Gasteiger partial charge in [0, 0.05) is 31.7 Å². The summed E-state index contributed by atoms with van der Waals surface area (Å²) in [5.74, 6) is 0.873. The first kappa shape index (κ1) is 11.1. The summed E-state index contributed by atoms with van der Waals surface area (Å²) >= 11 is 5.15. The Hall–Kier alpha value is -1.72. The minimum Gasteiger partial charge on any atom is -0.336 e. The number of aromatic amines is 1. The van der Waals surface area contributed by atoms with Crippen molar-refractivity contribution in [3.05, 3.63) is 46.4 Å². The van der Waals surface area contributed by atoms with E-state index in [9.17, 15) is 0 Å². The molecule has 1 N–H and O–H groups in total. The maximum absolute atomic E-state index is 4.57. The van der Waals surface area contributed by atoms with Gasteiger partial charge < -0.3 is 4.98 Å². The summed E-state index contributed by atoms with van der Waals surface area (Å²) in [7, 11) is 0. The molecule has 0 radical (unpaired) electrons. The lowest BCUT2D eigenvalue weighted by molar-refractivity contribution is 1.30. The van der Waals surface area contributed by atoms with Gasteiger partial charge in [0.25, 0.3) is 0 Å². The lowest BCUT2D eigenvalue weighted by Gasteiger charge is -1.93. The van der Waals surface area contributed by atoms with Gasteiger partial charge in [-0.1, -0.05) is 18.2 Å². The topological polar surface area (TPSA) is 41.6 Å². The van der Waals surface area contributed by atoms with E-state index in [0.29, 0.717) is 0 Å². The first-order chi connectivity index (χ1) is 9.31. The fourth-order valence-electron chi connectivity index (χ4n) is 2.16. The van der Waals surface area contributed by atoms with Crippen molar-refractivity contribution in [3.8, 4) is 11.4 Å². The second-order valence-corrected chi connectivity index (χ2v) is 6.08. The average molecular weight is 330 g/mol. The molecule has 1 aromatic carbocycles. The second kappa shape index (κ2) is 4.15. The number of halogens is 1. The number of benzene rings is 1. The summed E-state index contributed by atoms with van der Waals surface area (Å²) in [6.07, 6.45) is 1.76. The Bertz CT molecular complexity index is 894. The SMILES string of the molecule is Brc1cnc2nc(-c3csc4ccccc34)[nH]c2c1. The molecule has 0 aliphatic carbocycles. The molecule has 0 bridgehead atoms. The number of pyridine rings is 1. The summed E-state index contributed by atoms with van der Waals surface area (Å²) in [4.78, 5) is 12.2. The van der Waals surface area contributed by atoms with E-state index in [1.165, 1.54) is 10.1 Å². The molecule has 4 aromatic rings. The van der Waals surface area contributed by atoms with Crippen molar-refractivity contribution in [2.24, 2.45) is 0 Å². The summed E-state index contributed by atoms with van der Waals surface area (Å²) in [5.41, 5.74) is 2.82. The molecule has 0 aliphatic heterocycles. The monoisotopic (exact) mass is 329 g/mol. The number of hydrogen-bond donors (Lipinski definition) is 1. The predicted octanol–water partition coefficient (Wildman–Crippen LogP) is 4.60. The Morgan fingerprint density at radius 1 is 1.21 bits per heavy atom. The first-order valence-electron chi connectivity index (χ1n) is 5.79. The molecule has 3 heterocycles. The van der Waals surface area contributed by atoms with Crippen molar-refractivity contribution in [2.45, 2.75) is 0 Å². The van der Waals surface area contributed by atoms with Crippen LogP contribution < -0.4 is 0 Å². The lowest BCUT2D eigenvalue weighted by Crippen LogP contribution is -1.77. The third-order valence-electron chi connectivity index (χ3n) is 3.04. The van der Waals surface area contributed by atoms with Crippen LogP contribution in [0.25, 0.3) is 32.6 Å². The summed E-state index contributed by atoms with van der Waals surface area (Å²) < 4.78 is 2.22. The number of rotatable bonds is 1. The Balaban J connectivity index is 1.99. The van der Waals surface area contributed by atoms with Gasteiger partial charge >= 0.3 is 0 Å². The molecular weight excluding hydrogens is 322 g/mol. The van der Waals surface area contributed by atoms with Crippen molar-refractivity contribution in [3.63, 3.8) is 0 Å². The summed E-state index contributed by atoms with van der Waals surface area (Å²) in [6.45, 7) is 0. The van der Waals surface area contributed by atoms with Crippen molar-refractivity contribution in [1.82, 2.24) is 15.0 Å². The number of nitrogens with one attached hydrogen (secondary N) is 1. The molecule has 0 aliphatic rings. The molecule has 0 saturated carbocycles. The van der Waals surface area contributed by atoms with Gasteiger partial charge in [0.05, 0.1) is 5.52 Å². The number of H-pyrrole nitrogens is 1. The largest absolute Gasteiger partial charge is 0.336 e. The van der Waals surface area contributed by atoms with Gasteiger partial charge in [-0.05, 0) is 28.1 Å². The molecule has 0 fully saturated rings. The van der Waals surface area contributed by atoms with Gasteiger partial charge in [0.1, 0.15) is 5.82 Å². The Labute approximate surface area is 121 Å². The third kappa shape index (κ3) is 1.77. The fourth-order valence-corrected chi connectivity index (χ4v) is 3.44. The van der Waals surface area contributed by atoms with Crippen LogP contribution in [0.5, 0.6) is 0 Å². The number of imidazole rings is 1. The quantitative estimate of drug-likeness (QED) is 0.554. The molecule has 4 rings (SSSR count). The maximum atomic E-state index is 4.57. The van der Waals surface area contributed by atoms with Crippen LogP contribution in [0, 0.1) is 0 Å². The highest BCUT2D eigenvalue weighted by Crippen LogP contribution is 2.33. The summed E-state index contributed by atoms with van der Waals surface area (Å²) in [5, 5.41) is 3.36. The zero-order valence-corrected chi connectivity index (χ0v) is 12.1. The van der Waals surface area contributed by atoms with Crippen LogP contribution in [-0.4, -0.2) is 15.0 Å². The van der Waals surface area contributed by atoms with Gasteiger partial charge in [-0.3, -0.25) is 0 Å². The van der Waals surface area contributed by atoms with Crippen molar-refractivity contribution in [1.29, 1.82) is 0 Å². The number of thiophene rings is 1. The van der Waals surface area contributed by atoms with Gasteiger partial charge in [-0.15, -0.1) is 11.3 Å². The Morgan fingerprint density at radius 2 is 2.11 bits per heavy atom. The lowest BCUT2D eigenvalue weighted by atomic mass is 10.2. The van der Waals surface area contributed by atoms with E-state index < -0.39 is 0 Å². The van der Waals surface area contributed by atoms with E-state index >= 15 is 0 Å². The summed E-state index contributed by atoms with van der Waals surface area (Å²) in [6, 6.07) is 10.3. The predicted molar refractivity (Wildman–Crippen MR) is 82.4 cm³/mol. The number of aromatic nitrogens is 3. The van der Waals surface area contributed by atoms with Crippen LogP contribution in [0.4, 0.5) is 0 Å². The van der Waals surface area contributed by atoms with Gasteiger partial charge in [0.15, 0.2) is 5.65 Å². The van der Waals surface area contributed by atoms with Crippen LogP contribution in [0.3, 0.4) is 0 Å². The molecule has 0 unspecified atom stereocenters. The molecule has 92 valence electrons. The van der Waals surface area contributed by atoms with Crippen LogP contribution in [0.1, 0.15) is 0 Å². The van der Waals surface area contributed by atoms with Crippen molar-refractivity contribution in [2.75, 3.05) is 0 Å². The molecule has 0 amide bonds. The van der Waals surface area contributed by atoms with Crippen molar-refractivity contribution < 1.29 is 0 Å². The molecule has 3 nitrogen and oxygen atoms in total. The molecular formula is C14H8BrN3S. The smallest absolute Gasteiger partial charge is 0.178 e. The molecule has 0 spiro atoms. The fraction of sp³-hybridized carbons (Fsp3) is 0. The molecule has 0 saturated heterocycles. The minimum absolute atomic E-state index is 0.744. The zero-order valence-electron chi connectivity index (χ0n) is 9.72. The highest BCUT2D eigenvalue weighted by Gasteiger charge is 2.11. The normalized spacial score (nSPS) is 11.4. The van der Waals surface area contributed by atoms with E-state index in [0.717, 1.165) is 27.0 Å². The number of hydrogen-bond acceptors (Lipinski definition) is 3. The van der Waals surface area contributed by atoms with Crippen molar-refractivity contribution >= 4 is 48.5 Å². The zero-order chi connectivity index (χ0) is 12.8. The third-order valence-corrected chi connectivity index (χ3v) is 4.44. The van der Waals surface area contributed by atoms with Crippen LogP contribution in [0.15, 0.2) is 46.4 Å². The standard InChI is InChI=1S/C14H8BrN3S/c15-8-5-11-14(16-6-8)18-13(17-11)10-7-19-12-4-2-1-3-9(10)12/h1-7H,(H,16,17,18). The first-order valence-corrected chi connectivity index (χ1v) is 7.46. The molecule has 3 aromatic heterocycles. The van der Waals surface area contributed by atoms with Crippen LogP contribution >= 0.6 is 27.3 Å². The Morgan fingerprint density at radius 3 is 3.05 bits per heavy atom. The Kier molecular flexibility index (Phi) is 2.43. The van der Waals surface area contributed by atoms with Gasteiger partial charge in [-0.25, -0.2) is 9.97 Å². The van der Waals surface area contributed by atoms with E-state index in [2.05, 4.69) is 60.5 Å². The average Bonchev–Trinajstić information content (AvgIpc) is 3.00. The highest BCUT2D eigenvalue weighted by molar-refractivity contribution is 9.10. The molecule has 19 heavy (non-hydrogen) atoms. The van der Waals surface area contributed by atoms with E-state index in [-0.39, 0.29) is 0 Å². The highest BCUT2D eigenvalue weighted by atomic mass is 79.9. The van der Waals surface area contributed by atoms with Gasteiger partial charge in [0.2, 0.25) is 0 Å². The van der Waals surface area contributed by atoms with Crippen LogP contribution in [-0.2, 0) is 0 Å². The number of fused-ring (bicyclic) bond motifs is 2. The van der Waals surface area contributed by atoms with Gasteiger partial charge in [-0.2, -0.15) is 0 Å². The molecule has 5 heteroatoms. The second-order valence-electron chi connectivity index (χ2n) is 4.26. The minimum atomic E-state index is 0.744. The van der Waals surface area contributed by atoms with Crippen LogP contribution in [0.2, 0.25) is 0 Å². The number of nitrogens with zero attached hydrogens (tertiary/aromatic N) is 2. The molecule has 0 atom stereocenters. The van der Waals surface area contributed by atoms with E-state index in [4.69, 9.17) is 0 Å².